The Morgan fingerprint density at radius 2 is 2.04 bits per heavy atom. The first kappa shape index (κ1) is 14.8. The number of hydrogen-bond donors (Lipinski definition) is 0. The van der Waals surface area contributed by atoms with E-state index in [4.69, 9.17) is 13.9 Å². The second-order valence-electron chi connectivity index (χ2n) is 6.92. The summed E-state index contributed by atoms with van der Waals surface area (Å²) in [5.41, 5.74) is 0.902. The van der Waals surface area contributed by atoms with Crippen LogP contribution < -0.4 is 9.47 Å². The molecule has 3 aliphatic rings. The van der Waals surface area contributed by atoms with Crippen molar-refractivity contribution < 1.29 is 18.7 Å². The van der Waals surface area contributed by atoms with Gasteiger partial charge in [-0.2, -0.15) is 0 Å². The minimum Gasteiger partial charge on any atom is -0.485 e. The minimum absolute atomic E-state index is 0.0478. The Labute approximate surface area is 145 Å². The number of oxazole rings is 1. The number of benzene rings is 1. The molecule has 3 heterocycles. The van der Waals surface area contributed by atoms with Crippen LogP contribution in [0, 0.1) is 0 Å². The first-order valence-electron chi connectivity index (χ1n) is 8.93. The number of amides is 1. The summed E-state index contributed by atoms with van der Waals surface area (Å²) in [5.74, 6) is 3.54. The number of aromatic nitrogens is 1. The highest BCUT2D eigenvalue weighted by Crippen LogP contribution is 2.37. The first-order valence-corrected chi connectivity index (χ1v) is 8.93. The molecule has 1 fully saturated rings. The molecule has 2 aliphatic heterocycles. The average molecular weight is 340 g/mol. The molecule has 0 radical (unpaired) electrons. The van der Waals surface area contributed by atoms with Crippen LogP contribution in [0.2, 0.25) is 0 Å². The molecule has 0 saturated heterocycles. The predicted octanol–water partition coefficient (Wildman–Crippen LogP) is 2.67. The van der Waals surface area contributed by atoms with E-state index >= 15 is 0 Å². The number of para-hydroxylation sites is 2. The lowest BCUT2D eigenvalue weighted by molar-refractivity contribution is -0.142. The summed E-state index contributed by atoms with van der Waals surface area (Å²) in [6.45, 7) is 1.36. The van der Waals surface area contributed by atoms with E-state index in [1.165, 1.54) is 6.42 Å². The summed E-state index contributed by atoms with van der Waals surface area (Å²) in [4.78, 5) is 19.3. The zero-order valence-electron chi connectivity index (χ0n) is 13.9. The Balaban J connectivity index is 1.30. The monoisotopic (exact) mass is 340 g/mol. The molecule has 1 saturated carbocycles. The molecule has 2 aromatic rings. The van der Waals surface area contributed by atoms with Gasteiger partial charge in [0.1, 0.15) is 18.1 Å². The average Bonchev–Trinajstić information content (AvgIpc) is 3.01. The molecule has 0 spiro atoms. The van der Waals surface area contributed by atoms with E-state index < -0.39 is 6.10 Å². The normalized spacial score (nSPS) is 22.2. The van der Waals surface area contributed by atoms with Gasteiger partial charge in [-0.3, -0.25) is 4.79 Å². The van der Waals surface area contributed by atoms with Gasteiger partial charge in [0.25, 0.3) is 5.91 Å². The van der Waals surface area contributed by atoms with E-state index in [0.717, 1.165) is 30.2 Å². The zero-order chi connectivity index (χ0) is 16.8. The van der Waals surface area contributed by atoms with Crippen LogP contribution in [0.1, 0.15) is 42.5 Å². The van der Waals surface area contributed by atoms with Crippen molar-refractivity contribution in [3.63, 3.8) is 0 Å². The highest BCUT2D eigenvalue weighted by atomic mass is 16.6. The molecular weight excluding hydrogens is 320 g/mol. The molecule has 1 aromatic carbocycles. The van der Waals surface area contributed by atoms with Crippen LogP contribution in [-0.4, -0.2) is 35.0 Å². The number of carbonyl (C=O) groups excluding carboxylic acids is 1. The van der Waals surface area contributed by atoms with Crippen molar-refractivity contribution in [1.29, 1.82) is 0 Å². The second kappa shape index (κ2) is 5.79. The zero-order valence-corrected chi connectivity index (χ0v) is 13.9. The van der Waals surface area contributed by atoms with Gasteiger partial charge in [0.15, 0.2) is 17.4 Å². The lowest BCUT2D eigenvalue weighted by atomic mass is 9.85. The highest BCUT2D eigenvalue weighted by Gasteiger charge is 2.35. The molecule has 25 heavy (non-hydrogen) atoms. The highest BCUT2D eigenvalue weighted by molar-refractivity contribution is 5.82. The van der Waals surface area contributed by atoms with Crippen LogP contribution in [0.25, 0.3) is 0 Å². The van der Waals surface area contributed by atoms with Crippen LogP contribution >= 0.6 is 0 Å². The fraction of sp³-hybridized carbons (Fsp3) is 0.474. The molecule has 1 amide bonds. The Morgan fingerprint density at radius 1 is 1.20 bits per heavy atom. The molecule has 6 heteroatoms. The van der Waals surface area contributed by atoms with Crippen LogP contribution in [0.15, 0.2) is 28.7 Å². The van der Waals surface area contributed by atoms with Crippen LogP contribution in [-0.2, 0) is 17.8 Å². The Kier molecular flexibility index (Phi) is 3.43. The van der Waals surface area contributed by atoms with Crippen molar-refractivity contribution in [1.82, 2.24) is 9.88 Å². The van der Waals surface area contributed by atoms with E-state index in [-0.39, 0.29) is 12.5 Å². The molecule has 6 nitrogen and oxygen atoms in total. The van der Waals surface area contributed by atoms with Gasteiger partial charge in [-0.05, 0) is 25.0 Å². The number of carbonyl (C=O) groups is 1. The van der Waals surface area contributed by atoms with Gasteiger partial charge >= 0.3 is 0 Å². The maximum atomic E-state index is 12.8. The molecule has 130 valence electrons. The summed E-state index contributed by atoms with van der Waals surface area (Å²) in [6, 6.07) is 7.44. The number of rotatable bonds is 2. The van der Waals surface area contributed by atoms with Gasteiger partial charge in [-0.25, -0.2) is 4.98 Å². The van der Waals surface area contributed by atoms with E-state index in [0.29, 0.717) is 36.9 Å². The maximum Gasteiger partial charge on any atom is 0.267 e. The summed E-state index contributed by atoms with van der Waals surface area (Å²) in [6.07, 6.45) is 3.69. The fourth-order valence-corrected chi connectivity index (χ4v) is 3.58. The van der Waals surface area contributed by atoms with Gasteiger partial charge in [0.2, 0.25) is 6.10 Å². The van der Waals surface area contributed by atoms with Crippen molar-refractivity contribution >= 4 is 5.91 Å². The van der Waals surface area contributed by atoms with Crippen molar-refractivity contribution in [2.24, 2.45) is 0 Å². The van der Waals surface area contributed by atoms with Gasteiger partial charge in [0.05, 0.1) is 6.54 Å². The van der Waals surface area contributed by atoms with Crippen molar-refractivity contribution in [3.05, 3.63) is 41.6 Å². The smallest absolute Gasteiger partial charge is 0.267 e. The summed E-state index contributed by atoms with van der Waals surface area (Å²) < 4.78 is 17.4. The maximum absolute atomic E-state index is 12.8. The van der Waals surface area contributed by atoms with Crippen LogP contribution in [0.3, 0.4) is 0 Å². The Hall–Kier alpha value is -2.50. The molecule has 1 aromatic heterocycles. The van der Waals surface area contributed by atoms with Crippen molar-refractivity contribution in [2.45, 2.75) is 44.2 Å². The van der Waals surface area contributed by atoms with Crippen molar-refractivity contribution in [2.75, 3.05) is 13.2 Å². The summed E-state index contributed by atoms with van der Waals surface area (Å²) in [7, 11) is 0. The van der Waals surface area contributed by atoms with Gasteiger partial charge in [-0.1, -0.05) is 18.6 Å². The van der Waals surface area contributed by atoms with E-state index in [2.05, 4.69) is 4.98 Å². The lowest BCUT2D eigenvalue weighted by Crippen LogP contribution is -2.47. The Bertz CT molecular complexity index is 812. The largest absolute Gasteiger partial charge is 0.485 e. The SMILES string of the molecule is O=C(C1COc2ccccc2O1)N1CCc2oc(C3CCC3)nc2C1. The third kappa shape index (κ3) is 2.56. The van der Waals surface area contributed by atoms with Gasteiger partial charge in [-0.15, -0.1) is 0 Å². The quantitative estimate of drug-likeness (QED) is 0.841. The Morgan fingerprint density at radius 3 is 2.84 bits per heavy atom. The summed E-state index contributed by atoms with van der Waals surface area (Å²) in [5, 5.41) is 0. The molecule has 1 atom stereocenters. The number of hydrogen-bond acceptors (Lipinski definition) is 5. The second-order valence-corrected chi connectivity index (χ2v) is 6.92. The topological polar surface area (TPSA) is 64.8 Å². The molecule has 1 aliphatic carbocycles. The number of nitrogens with zero attached hydrogens (tertiary/aromatic N) is 2. The third-order valence-electron chi connectivity index (χ3n) is 5.29. The molecule has 1 unspecified atom stereocenters. The molecule has 5 rings (SSSR count). The van der Waals surface area contributed by atoms with E-state index in [9.17, 15) is 4.79 Å². The lowest BCUT2D eigenvalue weighted by Gasteiger charge is -2.31. The molecule has 0 bridgehead atoms. The molecular formula is C19H20N2O4. The van der Waals surface area contributed by atoms with Crippen LogP contribution in [0.4, 0.5) is 0 Å². The predicted molar refractivity (Wildman–Crippen MR) is 88.6 cm³/mol. The van der Waals surface area contributed by atoms with E-state index in [1.54, 1.807) is 4.90 Å². The fourth-order valence-electron chi connectivity index (χ4n) is 3.58. The number of ether oxygens (including phenoxy) is 2. The van der Waals surface area contributed by atoms with E-state index in [1.807, 2.05) is 24.3 Å². The molecule has 0 N–H and O–H groups in total. The third-order valence-corrected chi connectivity index (χ3v) is 5.29. The standard InChI is InChI=1S/C19H20N2O4/c22-19(17-11-23-15-6-1-2-7-16(15)24-17)21-9-8-14-13(10-21)20-18(25-14)12-4-3-5-12/h1-2,6-7,12,17H,3-5,8-11H2. The number of fused-ring (bicyclic) bond motifs is 2. The first-order chi connectivity index (χ1) is 12.3. The van der Waals surface area contributed by atoms with Gasteiger partial charge < -0.3 is 18.8 Å². The van der Waals surface area contributed by atoms with Gasteiger partial charge in [0, 0.05) is 18.9 Å². The van der Waals surface area contributed by atoms with Crippen molar-refractivity contribution in [3.8, 4) is 11.5 Å². The summed E-state index contributed by atoms with van der Waals surface area (Å²) >= 11 is 0. The minimum atomic E-state index is -0.602. The van der Waals surface area contributed by atoms with Crippen LogP contribution in [0.5, 0.6) is 11.5 Å².